The smallest absolute Gasteiger partial charge is 0.421 e. The van der Waals surface area contributed by atoms with Crippen LogP contribution in [0.2, 0.25) is 0 Å². The van der Waals surface area contributed by atoms with Gasteiger partial charge in [-0.2, -0.15) is 12.7 Å². The van der Waals surface area contributed by atoms with Gasteiger partial charge in [-0.25, -0.2) is 9.52 Å². The van der Waals surface area contributed by atoms with E-state index >= 15 is 0 Å². The number of hydrogen-bond donors (Lipinski definition) is 2. The molecule has 1 unspecified atom stereocenters. The molecule has 0 aromatic carbocycles. The minimum atomic E-state index is -3.93. The van der Waals surface area contributed by atoms with E-state index in [9.17, 15) is 13.2 Å². The van der Waals surface area contributed by atoms with Crippen molar-refractivity contribution in [2.75, 3.05) is 13.7 Å². The quantitative estimate of drug-likeness (QED) is 0.664. The van der Waals surface area contributed by atoms with Gasteiger partial charge in [0.05, 0.1) is 11.6 Å². The topological polar surface area (TPSA) is 102 Å². The van der Waals surface area contributed by atoms with Crippen LogP contribution in [-0.4, -0.2) is 43.5 Å². The van der Waals surface area contributed by atoms with Crippen LogP contribution in [0.15, 0.2) is 0 Å². The zero-order valence-corrected chi connectivity index (χ0v) is 11.6. The van der Waals surface area contributed by atoms with E-state index in [1.807, 2.05) is 0 Å². The summed E-state index contributed by atoms with van der Waals surface area (Å²) in [5, 5.41) is 0. The Labute approximate surface area is 106 Å². The van der Waals surface area contributed by atoms with Gasteiger partial charge >= 0.3 is 16.3 Å². The molecule has 0 radical (unpaired) electrons. The fourth-order valence-corrected chi connectivity index (χ4v) is 2.20. The van der Waals surface area contributed by atoms with Crippen LogP contribution in [0.25, 0.3) is 0 Å². The third-order valence-corrected chi connectivity index (χ3v) is 3.69. The molecule has 0 saturated heterocycles. The molecule has 7 nitrogen and oxygen atoms in total. The minimum absolute atomic E-state index is 0.0908. The Bertz CT molecular complexity index is 382. The Kier molecular flexibility index (Phi) is 6.35. The summed E-state index contributed by atoms with van der Waals surface area (Å²) >= 11 is 4.69. The maximum Gasteiger partial charge on any atom is 0.421 e. The molecule has 9 heteroatoms. The summed E-state index contributed by atoms with van der Waals surface area (Å²) in [4.78, 5) is 11.2. The molecule has 0 fully saturated rings. The lowest BCUT2D eigenvalue weighted by Gasteiger charge is -2.23. The van der Waals surface area contributed by atoms with Gasteiger partial charge in [0.2, 0.25) is 0 Å². The summed E-state index contributed by atoms with van der Waals surface area (Å²) in [6.45, 7) is 3.29. The molecule has 0 aliphatic carbocycles. The lowest BCUT2D eigenvalue weighted by Crippen LogP contribution is -2.46. The second kappa shape index (κ2) is 6.72. The third-order valence-electron chi connectivity index (χ3n) is 1.98. The highest BCUT2D eigenvalue weighted by molar-refractivity contribution is 7.87. The number of ether oxygens (including phenoxy) is 1. The highest BCUT2D eigenvalue weighted by Gasteiger charge is 2.25. The molecule has 0 saturated carbocycles. The normalized spacial score (nSPS) is 13.2. The van der Waals surface area contributed by atoms with Gasteiger partial charge in [-0.1, -0.05) is 12.2 Å². The summed E-state index contributed by atoms with van der Waals surface area (Å²) in [6, 6.07) is -0.445. The Morgan fingerprint density at radius 3 is 2.53 bits per heavy atom. The molecule has 0 spiro atoms. The molecule has 0 heterocycles. The van der Waals surface area contributed by atoms with Gasteiger partial charge in [0, 0.05) is 19.5 Å². The van der Waals surface area contributed by atoms with E-state index < -0.39 is 22.3 Å². The summed E-state index contributed by atoms with van der Waals surface area (Å²) in [6.07, 6.45) is -0.780. The first-order chi connectivity index (χ1) is 7.70. The Hall–Kier alpha value is -0.930. The van der Waals surface area contributed by atoms with E-state index in [1.54, 1.807) is 18.6 Å². The van der Waals surface area contributed by atoms with E-state index in [-0.39, 0.29) is 18.0 Å². The molecule has 17 heavy (non-hydrogen) atoms. The van der Waals surface area contributed by atoms with Crippen LogP contribution < -0.4 is 10.5 Å². The van der Waals surface area contributed by atoms with Gasteiger partial charge in [0.25, 0.3) is 0 Å². The number of nitrogens with two attached hydrogens (primary N) is 1. The van der Waals surface area contributed by atoms with E-state index in [0.717, 1.165) is 4.31 Å². The summed E-state index contributed by atoms with van der Waals surface area (Å²) in [5.74, 6) is 0. The first-order valence-electron chi connectivity index (χ1n) is 4.91. The largest absolute Gasteiger partial charge is 0.449 e. The predicted molar refractivity (Wildman–Crippen MR) is 67.7 cm³/mol. The maximum atomic E-state index is 11.7. The zero-order valence-electron chi connectivity index (χ0n) is 9.97. The molecular weight excluding hydrogens is 266 g/mol. The highest BCUT2D eigenvalue weighted by Crippen LogP contribution is 2.06. The van der Waals surface area contributed by atoms with Gasteiger partial charge in [-0.3, -0.25) is 0 Å². The van der Waals surface area contributed by atoms with Gasteiger partial charge in [0.15, 0.2) is 0 Å². The standard InChI is InChI=1S/C8H17N3O4S2/c1-4-15-8(12)10-17(13,14)11(3)6(2)5-7(9)16/h6H,4-5H2,1-3H3,(H2,9,16)(H,10,12). The number of thiocarbonyl (C=S) groups is 1. The van der Waals surface area contributed by atoms with Crippen LogP contribution in [0.5, 0.6) is 0 Å². The van der Waals surface area contributed by atoms with Crippen LogP contribution >= 0.6 is 12.2 Å². The summed E-state index contributed by atoms with van der Waals surface area (Å²) in [5.41, 5.74) is 5.32. The molecule has 0 aliphatic rings. The molecule has 100 valence electrons. The molecule has 1 amide bonds. The highest BCUT2D eigenvalue weighted by atomic mass is 32.2. The second-order valence-corrected chi connectivity index (χ2v) is 5.62. The number of nitrogens with one attached hydrogen (secondary N) is 1. The van der Waals surface area contributed by atoms with E-state index in [1.165, 1.54) is 7.05 Å². The van der Waals surface area contributed by atoms with Gasteiger partial charge in [-0.05, 0) is 13.8 Å². The van der Waals surface area contributed by atoms with Crippen LogP contribution in [0.1, 0.15) is 20.3 Å². The van der Waals surface area contributed by atoms with Crippen molar-refractivity contribution in [2.45, 2.75) is 26.3 Å². The van der Waals surface area contributed by atoms with Crippen molar-refractivity contribution >= 4 is 33.5 Å². The van der Waals surface area contributed by atoms with Crippen LogP contribution in [-0.2, 0) is 14.9 Å². The van der Waals surface area contributed by atoms with Crippen molar-refractivity contribution in [1.82, 2.24) is 9.03 Å². The summed E-state index contributed by atoms with van der Waals surface area (Å²) in [7, 11) is -2.61. The predicted octanol–water partition coefficient (Wildman–Crippen LogP) is -0.0262. The molecule has 0 aliphatic heterocycles. The number of carbonyl (C=O) groups excluding carboxylic acids is 1. The first kappa shape index (κ1) is 16.1. The zero-order chi connectivity index (χ0) is 13.6. The molecule has 3 N–H and O–H groups in total. The number of nitrogens with zero attached hydrogens (tertiary/aromatic N) is 1. The summed E-state index contributed by atoms with van der Waals surface area (Å²) < 4.78 is 30.6. The van der Waals surface area contributed by atoms with Crippen LogP contribution in [0.3, 0.4) is 0 Å². The Morgan fingerprint density at radius 1 is 1.59 bits per heavy atom. The second-order valence-electron chi connectivity index (χ2n) is 3.36. The molecule has 0 aromatic rings. The van der Waals surface area contributed by atoms with Gasteiger partial charge < -0.3 is 10.5 Å². The molecule has 0 bridgehead atoms. The number of hydrogen-bond acceptors (Lipinski definition) is 5. The van der Waals surface area contributed by atoms with Crippen molar-refractivity contribution < 1.29 is 17.9 Å². The van der Waals surface area contributed by atoms with Crippen LogP contribution in [0.4, 0.5) is 4.79 Å². The van der Waals surface area contributed by atoms with Crippen molar-refractivity contribution in [3.63, 3.8) is 0 Å². The number of rotatable bonds is 6. The van der Waals surface area contributed by atoms with Crippen LogP contribution in [0, 0.1) is 0 Å². The number of amides is 1. The molecule has 1 atom stereocenters. The lowest BCUT2D eigenvalue weighted by molar-refractivity contribution is 0.158. The average Bonchev–Trinajstić information content (AvgIpc) is 2.14. The Balaban J connectivity index is 4.59. The van der Waals surface area contributed by atoms with E-state index in [0.29, 0.717) is 0 Å². The SMILES string of the molecule is CCOC(=O)NS(=O)(=O)N(C)C(C)CC(N)=S. The molecule has 0 aromatic heterocycles. The van der Waals surface area contributed by atoms with Crippen molar-refractivity contribution in [3.05, 3.63) is 0 Å². The first-order valence-corrected chi connectivity index (χ1v) is 6.76. The van der Waals surface area contributed by atoms with Gasteiger partial charge in [-0.15, -0.1) is 0 Å². The fourth-order valence-electron chi connectivity index (χ4n) is 0.994. The number of carbonyl (C=O) groups is 1. The minimum Gasteiger partial charge on any atom is -0.449 e. The monoisotopic (exact) mass is 283 g/mol. The average molecular weight is 283 g/mol. The fraction of sp³-hybridized carbons (Fsp3) is 0.750. The maximum absolute atomic E-state index is 11.7. The molecular formula is C8H17N3O4S2. The Morgan fingerprint density at radius 2 is 2.12 bits per heavy atom. The third kappa shape index (κ3) is 5.80. The lowest BCUT2D eigenvalue weighted by atomic mass is 10.2. The van der Waals surface area contributed by atoms with E-state index in [4.69, 9.17) is 5.73 Å². The van der Waals surface area contributed by atoms with E-state index in [2.05, 4.69) is 17.0 Å². The molecule has 0 rings (SSSR count). The van der Waals surface area contributed by atoms with Crippen molar-refractivity contribution in [2.24, 2.45) is 5.73 Å². The van der Waals surface area contributed by atoms with Crippen molar-refractivity contribution in [1.29, 1.82) is 0 Å². The van der Waals surface area contributed by atoms with Crippen molar-refractivity contribution in [3.8, 4) is 0 Å². The van der Waals surface area contributed by atoms with Gasteiger partial charge in [0.1, 0.15) is 0 Å².